The van der Waals surface area contributed by atoms with Crippen molar-refractivity contribution in [3.05, 3.63) is 60.2 Å². The van der Waals surface area contributed by atoms with E-state index in [1.807, 2.05) is 54.6 Å². The quantitative estimate of drug-likeness (QED) is 0.637. The lowest BCUT2D eigenvalue weighted by molar-refractivity contribution is -0.149. The van der Waals surface area contributed by atoms with Crippen molar-refractivity contribution < 1.29 is 19.4 Å². The summed E-state index contributed by atoms with van der Waals surface area (Å²) in [6, 6.07) is 16.4. The highest BCUT2D eigenvalue weighted by Gasteiger charge is 2.42. The van der Waals surface area contributed by atoms with Crippen LogP contribution in [0.25, 0.3) is 0 Å². The topological polar surface area (TPSA) is 66.8 Å². The predicted octanol–water partition coefficient (Wildman–Crippen LogP) is 5.48. The van der Waals surface area contributed by atoms with E-state index in [1.165, 1.54) is 37.4 Å². The molecule has 5 nitrogen and oxygen atoms in total. The van der Waals surface area contributed by atoms with E-state index in [9.17, 15) is 14.7 Å². The normalized spacial score (nSPS) is 21.7. The summed E-state index contributed by atoms with van der Waals surface area (Å²) in [7, 11) is 0. The molecule has 1 saturated carbocycles. The lowest BCUT2D eigenvalue weighted by Crippen LogP contribution is -2.43. The third-order valence-corrected chi connectivity index (χ3v) is 7.26. The van der Waals surface area contributed by atoms with Gasteiger partial charge < -0.3 is 14.7 Å². The number of para-hydroxylation sites is 1. The van der Waals surface area contributed by atoms with Gasteiger partial charge in [0.05, 0.1) is 0 Å². The van der Waals surface area contributed by atoms with Gasteiger partial charge in [-0.1, -0.05) is 56.0 Å². The molecule has 2 atom stereocenters. The highest BCUT2D eigenvalue weighted by Crippen LogP contribution is 2.43. The number of carbonyl (C=O) groups excluding carboxylic acids is 1. The Bertz CT molecular complexity index is 882. The smallest absolute Gasteiger partial charge is 0.327 e. The maximum atomic E-state index is 13.1. The highest BCUT2D eigenvalue weighted by molar-refractivity contribution is 7.99. The molecule has 0 bridgehead atoms. The van der Waals surface area contributed by atoms with Crippen molar-refractivity contribution in [3.8, 4) is 11.5 Å². The molecule has 2 unspecified atom stereocenters. The largest absolute Gasteiger partial charge is 0.480 e. The van der Waals surface area contributed by atoms with Gasteiger partial charge in [0, 0.05) is 12.2 Å². The molecule has 1 N–H and O–H groups in total. The molecule has 6 heteroatoms. The number of nitrogens with zero attached hydrogens (tertiary/aromatic N) is 1. The van der Waals surface area contributed by atoms with E-state index in [2.05, 4.69) is 0 Å². The number of thioether (sulfide) groups is 1. The van der Waals surface area contributed by atoms with Crippen LogP contribution in [0, 0.1) is 5.92 Å². The predicted molar refractivity (Wildman–Crippen MR) is 118 cm³/mol. The Morgan fingerprint density at radius 2 is 1.77 bits per heavy atom. The van der Waals surface area contributed by atoms with Crippen molar-refractivity contribution >= 4 is 23.6 Å². The van der Waals surface area contributed by atoms with Gasteiger partial charge in [0.1, 0.15) is 22.9 Å². The first kappa shape index (κ1) is 20.8. The van der Waals surface area contributed by atoms with Gasteiger partial charge in [-0.2, -0.15) is 0 Å². The number of hydrogen-bond acceptors (Lipinski definition) is 4. The Morgan fingerprint density at radius 3 is 2.50 bits per heavy atom. The number of carboxylic acid groups (broad SMARTS) is 1. The van der Waals surface area contributed by atoms with E-state index in [-0.39, 0.29) is 11.3 Å². The molecular formula is C24H27NO4S. The molecule has 1 amide bonds. The Balaban J connectivity index is 1.51. The van der Waals surface area contributed by atoms with Gasteiger partial charge in [-0.3, -0.25) is 4.79 Å². The summed E-state index contributed by atoms with van der Waals surface area (Å²) in [5, 5.41) is 9.39. The minimum absolute atomic E-state index is 0.0568. The van der Waals surface area contributed by atoms with Gasteiger partial charge in [0.15, 0.2) is 0 Å². The van der Waals surface area contributed by atoms with Crippen LogP contribution in [0.15, 0.2) is 54.6 Å². The van der Waals surface area contributed by atoms with Crippen LogP contribution >= 0.6 is 11.8 Å². The van der Waals surface area contributed by atoms with Crippen LogP contribution < -0.4 is 4.74 Å². The summed E-state index contributed by atoms with van der Waals surface area (Å²) < 4.78 is 5.93. The summed E-state index contributed by atoms with van der Waals surface area (Å²) in [4.78, 5) is 26.5. The first-order valence-electron chi connectivity index (χ1n) is 10.6. The van der Waals surface area contributed by atoms with Gasteiger partial charge in [-0.15, -0.1) is 11.8 Å². The van der Waals surface area contributed by atoms with Crippen molar-refractivity contribution in [2.75, 3.05) is 5.75 Å². The summed E-state index contributed by atoms with van der Waals surface area (Å²) in [5.74, 6) is 1.43. The number of hydrogen-bond donors (Lipinski definition) is 1. The fourth-order valence-corrected chi connectivity index (χ4v) is 5.80. The molecule has 158 valence electrons. The number of carbonyl (C=O) groups is 2. The number of carboxylic acids is 1. The van der Waals surface area contributed by atoms with Crippen LogP contribution in [-0.2, 0) is 9.59 Å². The second kappa shape index (κ2) is 9.56. The monoisotopic (exact) mass is 425 g/mol. The third-order valence-electron chi connectivity index (χ3n) is 5.94. The van der Waals surface area contributed by atoms with Crippen LogP contribution in [0.2, 0.25) is 0 Å². The molecule has 1 saturated heterocycles. The van der Waals surface area contributed by atoms with E-state index in [0.717, 1.165) is 17.7 Å². The number of amides is 1. The fraction of sp³-hybridized carbons (Fsp3) is 0.417. The first-order chi connectivity index (χ1) is 14.6. The number of ether oxygens (including phenoxy) is 1. The molecule has 2 fully saturated rings. The van der Waals surface area contributed by atoms with Crippen molar-refractivity contribution in [1.29, 1.82) is 0 Å². The summed E-state index contributed by atoms with van der Waals surface area (Å²) in [6.07, 6.45) is 6.14. The van der Waals surface area contributed by atoms with Gasteiger partial charge in [0.25, 0.3) is 0 Å². The standard InChI is InChI=1S/C24H27NO4S/c26-22(14-13-17-7-4-5-8-17)25-21(24(27)28)16-30-23(25)18-9-6-12-20(15-18)29-19-10-2-1-3-11-19/h1-3,6,9-12,15,17,21,23H,4-5,7-8,13-14,16H2,(H,27,28). The first-order valence-corrected chi connectivity index (χ1v) is 11.6. The van der Waals surface area contributed by atoms with Gasteiger partial charge in [-0.05, 0) is 42.2 Å². The zero-order valence-corrected chi connectivity index (χ0v) is 17.7. The van der Waals surface area contributed by atoms with E-state index < -0.39 is 12.0 Å². The number of rotatable bonds is 7. The molecule has 4 rings (SSSR count). The zero-order chi connectivity index (χ0) is 20.9. The summed E-state index contributed by atoms with van der Waals surface area (Å²) >= 11 is 1.51. The average Bonchev–Trinajstić information content (AvgIpc) is 3.43. The molecule has 1 heterocycles. The minimum Gasteiger partial charge on any atom is -0.480 e. The van der Waals surface area contributed by atoms with E-state index in [0.29, 0.717) is 23.8 Å². The number of aliphatic carboxylic acids is 1. The summed E-state index contributed by atoms with van der Waals surface area (Å²) in [5.41, 5.74) is 0.895. The Hall–Kier alpha value is -2.47. The molecule has 0 spiro atoms. The Kier molecular flexibility index (Phi) is 6.62. The Labute approximate surface area is 181 Å². The maximum Gasteiger partial charge on any atom is 0.327 e. The van der Waals surface area contributed by atoms with Crippen LogP contribution in [0.1, 0.15) is 49.5 Å². The molecule has 0 aromatic heterocycles. The molecular weight excluding hydrogens is 398 g/mol. The van der Waals surface area contributed by atoms with Crippen molar-refractivity contribution in [2.45, 2.75) is 49.9 Å². The van der Waals surface area contributed by atoms with E-state index in [1.54, 1.807) is 4.90 Å². The third kappa shape index (κ3) is 4.81. The van der Waals surface area contributed by atoms with E-state index >= 15 is 0 Å². The highest BCUT2D eigenvalue weighted by atomic mass is 32.2. The zero-order valence-electron chi connectivity index (χ0n) is 16.9. The molecule has 2 aliphatic rings. The molecule has 2 aromatic rings. The van der Waals surface area contributed by atoms with Crippen LogP contribution in [-0.4, -0.2) is 33.7 Å². The average molecular weight is 426 g/mol. The van der Waals surface area contributed by atoms with Crippen LogP contribution in [0.3, 0.4) is 0 Å². The lowest BCUT2D eigenvalue weighted by Gasteiger charge is -2.28. The van der Waals surface area contributed by atoms with Crippen LogP contribution in [0.4, 0.5) is 0 Å². The van der Waals surface area contributed by atoms with E-state index in [4.69, 9.17) is 4.74 Å². The fourth-order valence-electron chi connectivity index (χ4n) is 4.37. The van der Waals surface area contributed by atoms with Gasteiger partial charge in [0.2, 0.25) is 5.91 Å². The second-order valence-electron chi connectivity index (χ2n) is 8.02. The second-order valence-corrected chi connectivity index (χ2v) is 9.13. The summed E-state index contributed by atoms with van der Waals surface area (Å²) in [6.45, 7) is 0. The van der Waals surface area contributed by atoms with Crippen molar-refractivity contribution in [1.82, 2.24) is 4.90 Å². The molecule has 0 radical (unpaired) electrons. The molecule has 1 aliphatic carbocycles. The minimum atomic E-state index is -0.934. The molecule has 2 aromatic carbocycles. The lowest BCUT2D eigenvalue weighted by atomic mass is 10.0. The molecule has 1 aliphatic heterocycles. The van der Waals surface area contributed by atoms with Crippen molar-refractivity contribution in [3.63, 3.8) is 0 Å². The van der Waals surface area contributed by atoms with Crippen LogP contribution in [0.5, 0.6) is 11.5 Å². The van der Waals surface area contributed by atoms with Gasteiger partial charge in [-0.25, -0.2) is 4.79 Å². The number of benzene rings is 2. The van der Waals surface area contributed by atoms with Crippen molar-refractivity contribution in [2.24, 2.45) is 5.92 Å². The maximum absolute atomic E-state index is 13.1. The Morgan fingerprint density at radius 1 is 1.03 bits per heavy atom. The molecule has 30 heavy (non-hydrogen) atoms. The SMILES string of the molecule is O=C(O)C1CSC(c2cccc(Oc3ccccc3)c2)N1C(=O)CCC1CCCC1. The van der Waals surface area contributed by atoms with Gasteiger partial charge >= 0.3 is 5.97 Å².